The molecule has 1 heterocycles. The summed E-state index contributed by atoms with van der Waals surface area (Å²) in [5.41, 5.74) is 10.1. The van der Waals surface area contributed by atoms with Gasteiger partial charge in [-0.3, -0.25) is 0 Å². The van der Waals surface area contributed by atoms with Gasteiger partial charge in [0.2, 0.25) is 0 Å². The molecule has 0 aliphatic heterocycles. The van der Waals surface area contributed by atoms with Gasteiger partial charge in [-0.15, -0.1) is 0 Å². The van der Waals surface area contributed by atoms with Crippen LogP contribution in [0.2, 0.25) is 0 Å². The Bertz CT molecular complexity index is 618. The first-order valence-corrected chi connectivity index (χ1v) is 6.55. The summed E-state index contributed by atoms with van der Waals surface area (Å²) in [5, 5.41) is 1.15. The molecule has 3 heteroatoms. The van der Waals surface area contributed by atoms with Crippen molar-refractivity contribution < 1.29 is 4.74 Å². The van der Waals surface area contributed by atoms with E-state index in [1.807, 2.05) is 6.07 Å². The highest BCUT2D eigenvalue weighted by Gasteiger charge is 2.22. The van der Waals surface area contributed by atoms with E-state index < -0.39 is 0 Å². The molecule has 0 aliphatic carbocycles. The third kappa shape index (κ3) is 2.43. The molecule has 3 nitrogen and oxygen atoms in total. The minimum absolute atomic E-state index is 0.130. The molecule has 0 atom stereocenters. The normalized spacial score (nSPS) is 11.9. The largest absolute Gasteiger partial charge is 0.494 e. The summed E-state index contributed by atoms with van der Waals surface area (Å²) >= 11 is 0. The first kappa shape index (κ1) is 13.8. The van der Waals surface area contributed by atoms with Gasteiger partial charge >= 0.3 is 0 Å². The molecule has 2 rings (SSSR count). The van der Waals surface area contributed by atoms with Crippen LogP contribution in [0.25, 0.3) is 10.9 Å². The molecule has 2 N–H and O–H groups in total. The lowest BCUT2D eigenvalue weighted by atomic mass is 9.87. The highest BCUT2D eigenvalue weighted by molar-refractivity contribution is 5.88. The second kappa shape index (κ2) is 4.82. The molecule has 0 saturated heterocycles. The smallest absolute Gasteiger partial charge is 0.145 e. The molecule has 1 aromatic heterocycles. The van der Waals surface area contributed by atoms with Crippen LogP contribution in [0, 0.1) is 13.8 Å². The van der Waals surface area contributed by atoms with E-state index in [1.54, 1.807) is 7.11 Å². The standard InChI is InChI=1S/C16H22N2O/c1-10-6-12-11(2)8-14(16(3,4)9-17)18-15(12)13(7-10)19-5/h6-8H,9,17H2,1-5H3. The van der Waals surface area contributed by atoms with E-state index in [4.69, 9.17) is 15.5 Å². The zero-order chi connectivity index (χ0) is 14.2. The van der Waals surface area contributed by atoms with Gasteiger partial charge in [0.15, 0.2) is 0 Å². The van der Waals surface area contributed by atoms with Crippen molar-refractivity contribution in [1.82, 2.24) is 4.98 Å². The van der Waals surface area contributed by atoms with Gasteiger partial charge in [0.1, 0.15) is 11.3 Å². The first-order chi connectivity index (χ1) is 8.89. The molecule has 0 aliphatic rings. The Balaban J connectivity index is 2.78. The maximum atomic E-state index is 5.86. The topological polar surface area (TPSA) is 48.1 Å². The molecule has 19 heavy (non-hydrogen) atoms. The molecule has 0 spiro atoms. The monoisotopic (exact) mass is 258 g/mol. The van der Waals surface area contributed by atoms with Crippen molar-refractivity contribution in [1.29, 1.82) is 0 Å². The van der Waals surface area contributed by atoms with Gasteiger partial charge in [0, 0.05) is 23.0 Å². The molecule has 1 aromatic carbocycles. The first-order valence-electron chi connectivity index (χ1n) is 6.55. The SMILES string of the molecule is COc1cc(C)cc2c(C)cc(C(C)(C)CN)nc12. The lowest BCUT2D eigenvalue weighted by Gasteiger charge is -2.23. The number of hydrogen-bond acceptors (Lipinski definition) is 3. The summed E-state index contributed by atoms with van der Waals surface area (Å²) in [6.45, 7) is 8.97. The molecule has 102 valence electrons. The van der Waals surface area contributed by atoms with Crippen LogP contribution in [0.4, 0.5) is 0 Å². The highest BCUT2D eigenvalue weighted by atomic mass is 16.5. The Morgan fingerprint density at radius 2 is 1.89 bits per heavy atom. The van der Waals surface area contributed by atoms with Gasteiger partial charge in [0.05, 0.1) is 7.11 Å². The van der Waals surface area contributed by atoms with Crippen LogP contribution in [-0.4, -0.2) is 18.6 Å². The molecule has 0 fully saturated rings. The number of nitrogens with zero attached hydrogens (tertiary/aromatic N) is 1. The van der Waals surface area contributed by atoms with Gasteiger partial charge in [-0.25, -0.2) is 4.98 Å². The van der Waals surface area contributed by atoms with E-state index in [1.165, 1.54) is 11.1 Å². The number of ether oxygens (including phenoxy) is 1. The van der Waals surface area contributed by atoms with Gasteiger partial charge < -0.3 is 10.5 Å². The number of nitrogens with two attached hydrogens (primary N) is 1. The maximum Gasteiger partial charge on any atom is 0.145 e. The minimum Gasteiger partial charge on any atom is -0.494 e. The van der Waals surface area contributed by atoms with Crippen molar-refractivity contribution in [2.75, 3.05) is 13.7 Å². The number of hydrogen-bond donors (Lipinski definition) is 1. The van der Waals surface area contributed by atoms with Gasteiger partial charge in [-0.1, -0.05) is 13.8 Å². The lowest BCUT2D eigenvalue weighted by molar-refractivity contribution is 0.418. The van der Waals surface area contributed by atoms with Crippen LogP contribution >= 0.6 is 0 Å². The van der Waals surface area contributed by atoms with E-state index in [0.717, 1.165) is 22.3 Å². The summed E-state index contributed by atoms with van der Waals surface area (Å²) in [4.78, 5) is 4.79. The Morgan fingerprint density at radius 3 is 2.47 bits per heavy atom. The summed E-state index contributed by atoms with van der Waals surface area (Å²) in [7, 11) is 1.69. The Labute approximate surface area is 114 Å². The maximum absolute atomic E-state index is 5.86. The zero-order valence-corrected chi connectivity index (χ0v) is 12.4. The number of aromatic nitrogens is 1. The molecule has 0 bridgehead atoms. The van der Waals surface area contributed by atoms with E-state index in [-0.39, 0.29) is 5.41 Å². The van der Waals surface area contributed by atoms with Crippen molar-refractivity contribution in [3.63, 3.8) is 0 Å². The quantitative estimate of drug-likeness (QED) is 0.920. The zero-order valence-electron chi connectivity index (χ0n) is 12.4. The van der Waals surface area contributed by atoms with Crippen molar-refractivity contribution in [2.24, 2.45) is 5.73 Å². The second-order valence-electron chi connectivity index (χ2n) is 5.78. The van der Waals surface area contributed by atoms with Crippen molar-refractivity contribution in [2.45, 2.75) is 33.1 Å². The van der Waals surface area contributed by atoms with Crippen LogP contribution in [0.1, 0.15) is 30.7 Å². The lowest BCUT2D eigenvalue weighted by Crippen LogP contribution is -2.29. The number of pyridine rings is 1. The van der Waals surface area contributed by atoms with Crippen molar-refractivity contribution in [3.8, 4) is 5.75 Å². The van der Waals surface area contributed by atoms with Crippen molar-refractivity contribution in [3.05, 3.63) is 35.0 Å². The summed E-state index contributed by atoms with van der Waals surface area (Å²) in [5.74, 6) is 0.827. The van der Waals surface area contributed by atoms with Gasteiger partial charge in [0.25, 0.3) is 0 Å². The molecular formula is C16H22N2O. The fourth-order valence-corrected chi connectivity index (χ4v) is 2.20. The van der Waals surface area contributed by atoms with Crippen molar-refractivity contribution >= 4 is 10.9 Å². The van der Waals surface area contributed by atoms with Crippen LogP contribution in [-0.2, 0) is 5.41 Å². The number of rotatable bonds is 3. The fourth-order valence-electron chi connectivity index (χ4n) is 2.20. The van der Waals surface area contributed by atoms with Crippen LogP contribution in [0.3, 0.4) is 0 Å². The molecule has 2 aromatic rings. The summed E-state index contributed by atoms with van der Waals surface area (Å²) in [6.07, 6.45) is 0. The summed E-state index contributed by atoms with van der Waals surface area (Å²) in [6, 6.07) is 6.31. The number of aryl methyl sites for hydroxylation is 2. The number of methoxy groups -OCH3 is 1. The second-order valence-corrected chi connectivity index (χ2v) is 5.78. The van der Waals surface area contributed by atoms with E-state index in [0.29, 0.717) is 6.54 Å². The Kier molecular flexibility index (Phi) is 3.50. The third-order valence-electron chi connectivity index (χ3n) is 3.65. The van der Waals surface area contributed by atoms with Crippen LogP contribution in [0.15, 0.2) is 18.2 Å². The van der Waals surface area contributed by atoms with E-state index >= 15 is 0 Å². The molecule has 0 radical (unpaired) electrons. The van der Waals surface area contributed by atoms with E-state index in [2.05, 4.69) is 39.8 Å². The van der Waals surface area contributed by atoms with E-state index in [9.17, 15) is 0 Å². The predicted octanol–water partition coefficient (Wildman–Crippen LogP) is 3.10. The minimum atomic E-state index is -0.130. The van der Waals surface area contributed by atoms with Gasteiger partial charge in [-0.05, 0) is 43.2 Å². The predicted molar refractivity (Wildman–Crippen MR) is 79.8 cm³/mol. The fraction of sp³-hybridized carbons (Fsp3) is 0.438. The average molecular weight is 258 g/mol. The average Bonchev–Trinajstić information content (AvgIpc) is 2.38. The Hall–Kier alpha value is -1.61. The Morgan fingerprint density at radius 1 is 1.21 bits per heavy atom. The highest BCUT2D eigenvalue weighted by Crippen LogP contribution is 2.31. The van der Waals surface area contributed by atoms with Gasteiger partial charge in [-0.2, -0.15) is 0 Å². The third-order valence-corrected chi connectivity index (χ3v) is 3.65. The molecule has 0 amide bonds. The summed E-state index contributed by atoms with van der Waals surface area (Å²) < 4.78 is 5.47. The number of fused-ring (bicyclic) bond motifs is 1. The van der Waals surface area contributed by atoms with Crippen LogP contribution < -0.4 is 10.5 Å². The molecule has 0 unspecified atom stereocenters. The molecule has 0 saturated carbocycles. The molecular weight excluding hydrogens is 236 g/mol. The van der Waals surface area contributed by atoms with Crippen LogP contribution in [0.5, 0.6) is 5.75 Å². The number of benzene rings is 1.